The fourth-order valence-corrected chi connectivity index (χ4v) is 3.61. The van der Waals surface area contributed by atoms with Crippen LogP contribution < -0.4 is 5.56 Å². The molecule has 0 saturated carbocycles. The van der Waals surface area contributed by atoms with Crippen molar-refractivity contribution in [2.75, 3.05) is 6.61 Å². The topological polar surface area (TPSA) is 61.2 Å². The van der Waals surface area contributed by atoms with Gasteiger partial charge in [-0.3, -0.25) is 14.2 Å². The molecule has 0 bridgehead atoms. The van der Waals surface area contributed by atoms with Gasteiger partial charge >= 0.3 is 5.97 Å². The SMILES string of the molecule is CCCCOC(=O)Cn1cnc2scc(-c3ccc(Br)cc3)c2c1=O. The second kappa shape index (κ2) is 7.93. The van der Waals surface area contributed by atoms with Crippen LogP contribution in [0, 0.1) is 0 Å². The third-order valence-electron chi connectivity index (χ3n) is 3.78. The predicted molar refractivity (Wildman–Crippen MR) is 103 cm³/mol. The first-order chi connectivity index (χ1) is 12.1. The molecule has 7 heteroatoms. The maximum Gasteiger partial charge on any atom is 0.326 e. The first-order valence-corrected chi connectivity index (χ1v) is 9.65. The number of ether oxygens (including phenoxy) is 1. The summed E-state index contributed by atoms with van der Waals surface area (Å²) in [4.78, 5) is 29.7. The van der Waals surface area contributed by atoms with Crippen molar-refractivity contribution in [3.05, 3.63) is 50.8 Å². The van der Waals surface area contributed by atoms with Gasteiger partial charge in [0, 0.05) is 15.4 Å². The van der Waals surface area contributed by atoms with E-state index >= 15 is 0 Å². The Morgan fingerprint density at radius 1 is 1.32 bits per heavy atom. The molecule has 0 aliphatic heterocycles. The number of halogens is 1. The molecular weight excluding hydrogens is 404 g/mol. The molecule has 5 nitrogen and oxygen atoms in total. The van der Waals surface area contributed by atoms with E-state index in [1.807, 2.05) is 36.6 Å². The van der Waals surface area contributed by atoms with Crippen molar-refractivity contribution in [2.45, 2.75) is 26.3 Å². The van der Waals surface area contributed by atoms with Crippen LogP contribution in [0.4, 0.5) is 0 Å². The van der Waals surface area contributed by atoms with Gasteiger partial charge in [-0.05, 0) is 24.1 Å². The van der Waals surface area contributed by atoms with Gasteiger partial charge in [-0.2, -0.15) is 0 Å². The summed E-state index contributed by atoms with van der Waals surface area (Å²) in [5, 5.41) is 2.46. The number of hydrogen-bond acceptors (Lipinski definition) is 5. The zero-order valence-corrected chi connectivity index (χ0v) is 16.1. The Hall–Kier alpha value is -1.99. The molecule has 3 rings (SSSR count). The summed E-state index contributed by atoms with van der Waals surface area (Å²) < 4.78 is 7.42. The van der Waals surface area contributed by atoms with Crippen LogP contribution in [-0.4, -0.2) is 22.1 Å². The van der Waals surface area contributed by atoms with E-state index in [9.17, 15) is 9.59 Å². The molecule has 130 valence electrons. The Kier molecular flexibility index (Phi) is 5.65. The second-order valence-corrected chi connectivity index (χ2v) is 7.36. The van der Waals surface area contributed by atoms with E-state index in [2.05, 4.69) is 20.9 Å². The minimum Gasteiger partial charge on any atom is -0.464 e. The summed E-state index contributed by atoms with van der Waals surface area (Å²) in [6.45, 7) is 2.28. The highest BCUT2D eigenvalue weighted by Crippen LogP contribution is 2.31. The van der Waals surface area contributed by atoms with Crippen molar-refractivity contribution in [1.29, 1.82) is 0 Å². The van der Waals surface area contributed by atoms with Crippen molar-refractivity contribution in [3.63, 3.8) is 0 Å². The molecule has 0 spiro atoms. The average molecular weight is 421 g/mol. The monoisotopic (exact) mass is 420 g/mol. The molecule has 0 fully saturated rings. The third-order valence-corrected chi connectivity index (χ3v) is 5.19. The second-order valence-electron chi connectivity index (χ2n) is 5.59. The van der Waals surface area contributed by atoms with Crippen LogP contribution in [0.1, 0.15) is 19.8 Å². The molecule has 0 radical (unpaired) electrons. The van der Waals surface area contributed by atoms with Crippen molar-refractivity contribution < 1.29 is 9.53 Å². The van der Waals surface area contributed by atoms with Crippen molar-refractivity contribution >= 4 is 43.5 Å². The van der Waals surface area contributed by atoms with Gasteiger partial charge in [0.15, 0.2) is 0 Å². The Morgan fingerprint density at radius 2 is 2.08 bits per heavy atom. The van der Waals surface area contributed by atoms with Crippen molar-refractivity contribution in [3.8, 4) is 11.1 Å². The standard InChI is InChI=1S/C18H17BrN2O3S/c1-2-3-8-24-15(22)9-21-11-20-17-16(18(21)23)14(10-25-17)12-4-6-13(19)7-5-12/h4-7,10-11H,2-3,8-9H2,1H3. The van der Waals surface area contributed by atoms with Crippen LogP contribution in [-0.2, 0) is 16.1 Å². The first-order valence-electron chi connectivity index (χ1n) is 7.98. The molecule has 0 unspecified atom stereocenters. The quantitative estimate of drug-likeness (QED) is 0.442. The number of rotatable bonds is 6. The predicted octanol–water partition coefficient (Wildman–Crippen LogP) is 4.23. The number of benzene rings is 1. The molecular formula is C18H17BrN2O3S. The summed E-state index contributed by atoms with van der Waals surface area (Å²) in [5.74, 6) is -0.419. The third kappa shape index (κ3) is 3.99. The van der Waals surface area contributed by atoms with E-state index < -0.39 is 5.97 Å². The van der Waals surface area contributed by atoms with E-state index in [4.69, 9.17) is 4.74 Å². The summed E-state index contributed by atoms with van der Waals surface area (Å²) in [6.07, 6.45) is 3.18. The van der Waals surface area contributed by atoms with Crippen molar-refractivity contribution in [1.82, 2.24) is 9.55 Å². The highest BCUT2D eigenvalue weighted by atomic mass is 79.9. The van der Waals surface area contributed by atoms with Crippen LogP contribution in [0.15, 0.2) is 45.2 Å². The number of thiophene rings is 1. The van der Waals surface area contributed by atoms with Crippen molar-refractivity contribution in [2.24, 2.45) is 0 Å². The van der Waals surface area contributed by atoms with E-state index in [-0.39, 0.29) is 12.1 Å². The highest BCUT2D eigenvalue weighted by molar-refractivity contribution is 9.10. The lowest BCUT2D eigenvalue weighted by Crippen LogP contribution is -2.25. The summed E-state index contributed by atoms with van der Waals surface area (Å²) in [5.41, 5.74) is 1.55. The molecule has 0 aliphatic carbocycles. The Bertz CT molecular complexity index is 947. The molecule has 0 atom stereocenters. The van der Waals surface area contributed by atoms with Gasteiger partial charge in [0.25, 0.3) is 5.56 Å². The fourth-order valence-electron chi connectivity index (χ4n) is 2.44. The fraction of sp³-hybridized carbons (Fsp3) is 0.278. The van der Waals surface area contributed by atoms with Gasteiger partial charge in [-0.1, -0.05) is 41.4 Å². The maximum absolute atomic E-state index is 12.8. The van der Waals surface area contributed by atoms with E-state index in [0.29, 0.717) is 16.8 Å². The lowest BCUT2D eigenvalue weighted by atomic mass is 10.1. The molecule has 3 aromatic rings. The van der Waals surface area contributed by atoms with Crippen LogP contribution in [0.2, 0.25) is 0 Å². The van der Waals surface area contributed by atoms with Crippen LogP contribution in [0.3, 0.4) is 0 Å². The smallest absolute Gasteiger partial charge is 0.326 e. The minimum absolute atomic E-state index is 0.124. The molecule has 1 aromatic carbocycles. The van der Waals surface area contributed by atoms with Gasteiger partial charge in [0.1, 0.15) is 11.4 Å². The molecule has 0 aliphatic rings. The molecule has 0 amide bonds. The van der Waals surface area contributed by atoms with E-state index in [0.717, 1.165) is 28.4 Å². The number of aromatic nitrogens is 2. The largest absolute Gasteiger partial charge is 0.464 e. The van der Waals surface area contributed by atoms with Crippen LogP contribution in [0.25, 0.3) is 21.3 Å². The van der Waals surface area contributed by atoms with E-state index in [1.54, 1.807) is 0 Å². The van der Waals surface area contributed by atoms with Gasteiger partial charge in [-0.25, -0.2) is 4.98 Å². The van der Waals surface area contributed by atoms with Gasteiger partial charge < -0.3 is 4.74 Å². The highest BCUT2D eigenvalue weighted by Gasteiger charge is 2.15. The number of nitrogens with zero attached hydrogens (tertiary/aromatic N) is 2. The van der Waals surface area contributed by atoms with Crippen LogP contribution >= 0.6 is 27.3 Å². The van der Waals surface area contributed by atoms with Gasteiger partial charge in [-0.15, -0.1) is 11.3 Å². The Labute approximate surface area is 157 Å². The number of esters is 1. The van der Waals surface area contributed by atoms with Gasteiger partial charge in [0.2, 0.25) is 0 Å². The number of hydrogen-bond donors (Lipinski definition) is 0. The number of carbonyl (C=O) groups excluding carboxylic acids is 1. The molecule has 0 N–H and O–H groups in total. The number of carbonyl (C=O) groups is 1. The molecule has 2 heterocycles. The Morgan fingerprint density at radius 3 is 2.80 bits per heavy atom. The zero-order chi connectivity index (χ0) is 17.8. The summed E-state index contributed by atoms with van der Waals surface area (Å²) >= 11 is 4.83. The summed E-state index contributed by atoms with van der Waals surface area (Å²) in [7, 11) is 0. The summed E-state index contributed by atoms with van der Waals surface area (Å²) in [6, 6.07) is 7.75. The zero-order valence-electron chi connectivity index (χ0n) is 13.7. The maximum atomic E-state index is 12.8. The van der Waals surface area contributed by atoms with Gasteiger partial charge in [0.05, 0.1) is 18.3 Å². The minimum atomic E-state index is -0.419. The van der Waals surface area contributed by atoms with E-state index in [1.165, 1.54) is 22.2 Å². The molecule has 25 heavy (non-hydrogen) atoms. The Balaban J connectivity index is 1.93. The lowest BCUT2D eigenvalue weighted by Gasteiger charge is -2.07. The van der Waals surface area contributed by atoms with Crippen LogP contribution in [0.5, 0.6) is 0 Å². The normalized spacial score (nSPS) is 11.0. The average Bonchev–Trinajstić information content (AvgIpc) is 3.03. The number of fused-ring (bicyclic) bond motifs is 1. The first kappa shape index (κ1) is 17.8. The lowest BCUT2D eigenvalue weighted by molar-refractivity contribution is -0.144. The number of unbranched alkanes of at least 4 members (excludes halogenated alkanes) is 1. The molecule has 2 aromatic heterocycles. The molecule has 0 saturated heterocycles.